The van der Waals surface area contributed by atoms with Crippen molar-refractivity contribution in [1.82, 2.24) is 0 Å². The molecule has 2 nitrogen and oxygen atoms in total. The summed E-state index contributed by atoms with van der Waals surface area (Å²) in [6.07, 6.45) is 6.01. The Labute approximate surface area is 125 Å². The number of carbonyl (C=O) groups is 1. The van der Waals surface area contributed by atoms with Crippen LogP contribution in [0.25, 0.3) is 16.3 Å². The molecule has 0 bridgehead atoms. The van der Waals surface area contributed by atoms with Crippen LogP contribution in [0, 0.1) is 0 Å². The van der Waals surface area contributed by atoms with Gasteiger partial charge >= 0.3 is 5.97 Å². The molecule has 0 N–H and O–H groups in total. The van der Waals surface area contributed by atoms with Crippen LogP contribution >= 0.6 is 0 Å². The second kappa shape index (κ2) is 6.13. The quantitative estimate of drug-likeness (QED) is 0.459. The lowest BCUT2D eigenvalue weighted by molar-refractivity contribution is -0.137. The lowest BCUT2D eigenvalue weighted by Gasteiger charge is -2.13. The molecule has 0 heterocycles. The highest BCUT2D eigenvalue weighted by atomic mass is 16.5. The highest BCUT2D eigenvalue weighted by Gasteiger charge is 2.16. The summed E-state index contributed by atoms with van der Waals surface area (Å²) in [5, 5.41) is 2.47. The van der Waals surface area contributed by atoms with Crippen molar-refractivity contribution in [2.45, 2.75) is 32.6 Å². The Bertz CT molecular complexity index is 698. The first-order valence-electron chi connectivity index (χ1n) is 7.68. The number of esters is 1. The highest BCUT2D eigenvalue weighted by molar-refractivity contribution is 6.00. The van der Waals surface area contributed by atoms with Crippen LogP contribution in [0.5, 0.6) is 0 Å². The van der Waals surface area contributed by atoms with Crippen molar-refractivity contribution in [3.63, 3.8) is 0 Å². The minimum Gasteiger partial charge on any atom is -0.463 e. The summed E-state index contributed by atoms with van der Waals surface area (Å²) < 4.78 is 5.10. The van der Waals surface area contributed by atoms with Gasteiger partial charge in [0.05, 0.1) is 6.61 Å². The van der Waals surface area contributed by atoms with Gasteiger partial charge in [0.25, 0.3) is 0 Å². The van der Waals surface area contributed by atoms with Crippen molar-refractivity contribution in [2.75, 3.05) is 6.61 Å². The van der Waals surface area contributed by atoms with E-state index < -0.39 is 0 Å². The van der Waals surface area contributed by atoms with Gasteiger partial charge in [0.1, 0.15) is 0 Å². The maximum Gasteiger partial charge on any atom is 0.331 e. The summed E-state index contributed by atoms with van der Waals surface area (Å²) in [5.41, 5.74) is 3.72. The minimum absolute atomic E-state index is 0.228. The Morgan fingerprint density at radius 2 is 1.95 bits per heavy atom. The number of carbonyl (C=O) groups excluding carboxylic acids is 1. The molecule has 0 atom stereocenters. The maximum absolute atomic E-state index is 11.9. The normalized spacial score (nSPS) is 16.5. The van der Waals surface area contributed by atoms with Gasteiger partial charge in [-0.25, -0.2) is 4.79 Å². The molecule has 0 spiro atoms. The Morgan fingerprint density at radius 1 is 1.14 bits per heavy atom. The number of fused-ring (bicyclic) bond motifs is 3. The first kappa shape index (κ1) is 13.9. The van der Waals surface area contributed by atoms with Crippen molar-refractivity contribution >= 4 is 22.3 Å². The van der Waals surface area contributed by atoms with Crippen molar-refractivity contribution in [2.24, 2.45) is 0 Å². The van der Waals surface area contributed by atoms with E-state index in [1.54, 1.807) is 6.08 Å². The lowest BCUT2D eigenvalue weighted by atomic mass is 9.92. The first-order valence-corrected chi connectivity index (χ1v) is 7.68. The van der Waals surface area contributed by atoms with Crippen LogP contribution in [0.3, 0.4) is 0 Å². The van der Waals surface area contributed by atoms with E-state index >= 15 is 0 Å². The zero-order valence-electron chi connectivity index (χ0n) is 12.4. The molecule has 0 saturated heterocycles. The van der Waals surface area contributed by atoms with Gasteiger partial charge in [-0.1, -0.05) is 36.4 Å². The zero-order chi connectivity index (χ0) is 14.7. The molecular formula is C19H20O2. The summed E-state index contributed by atoms with van der Waals surface area (Å²) in [5.74, 6) is -0.228. The molecule has 3 rings (SSSR count). The SMILES string of the molecule is CCOC(=O)/C=C1\CCCCc2ccc3ccccc3c21. The Morgan fingerprint density at radius 3 is 2.81 bits per heavy atom. The van der Waals surface area contributed by atoms with E-state index in [9.17, 15) is 4.79 Å². The van der Waals surface area contributed by atoms with E-state index in [0.29, 0.717) is 6.61 Å². The molecule has 0 radical (unpaired) electrons. The number of benzene rings is 2. The van der Waals surface area contributed by atoms with Gasteiger partial charge in [-0.05, 0) is 60.1 Å². The molecule has 0 aliphatic heterocycles. The predicted octanol–water partition coefficient (Wildman–Crippen LogP) is 4.51. The standard InChI is InChI=1S/C19H20O2/c1-2-21-18(20)13-16-9-4-3-8-15-12-11-14-7-5-6-10-17(14)19(15)16/h5-7,10-13H,2-4,8-9H2,1H3/b16-13+. The number of allylic oxidation sites excluding steroid dienone is 1. The fourth-order valence-electron chi connectivity index (χ4n) is 3.13. The molecule has 0 fully saturated rings. The summed E-state index contributed by atoms with van der Waals surface area (Å²) in [6.45, 7) is 2.26. The van der Waals surface area contributed by atoms with Gasteiger partial charge in [-0.3, -0.25) is 0 Å². The largest absolute Gasteiger partial charge is 0.463 e. The second-order valence-electron chi connectivity index (χ2n) is 5.45. The van der Waals surface area contributed by atoms with Gasteiger partial charge in [0.2, 0.25) is 0 Å². The van der Waals surface area contributed by atoms with Gasteiger partial charge in [0.15, 0.2) is 0 Å². The van der Waals surface area contributed by atoms with E-state index in [4.69, 9.17) is 4.74 Å². The third-order valence-electron chi connectivity index (χ3n) is 4.06. The Hall–Kier alpha value is -2.09. The number of rotatable bonds is 2. The number of aryl methyl sites for hydroxylation is 1. The van der Waals surface area contributed by atoms with Crippen molar-refractivity contribution in [3.8, 4) is 0 Å². The Kier molecular flexibility index (Phi) is 4.05. The van der Waals surface area contributed by atoms with Crippen LogP contribution in [-0.2, 0) is 16.0 Å². The molecule has 21 heavy (non-hydrogen) atoms. The van der Waals surface area contributed by atoms with Crippen LogP contribution in [0.1, 0.15) is 37.3 Å². The second-order valence-corrected chi connectivity index (χ2v) is 5.45. The monoisotopic (exact) mass is 280 g/mol. The summed E-state index contributed by atoms with van der Waals surface area (Å²) >= 11 is 0. The lowest BCUT2D eigenvalue weighted by Crippen LogP contribution is -2.02. The number of hydrogen-bond acceptors (Lipinski definition) is 2. The molecular weight excluding hydrogens is 260 g/mol. The van der Waals surface area contributed by atoms with E-state index in [1.807, 2.05) is 6.92 Å². The summed E-state index contributed by atoms with van der Waals surface area (Å²) in [7, 11) is 0. The van der Waals surface area contributed by atoms with E-state index in [1.165, 1.54) is 28.3 Å². The fourth-order valence-corrected chi connectivity index (χ4v) is 3.13. The Balaban J connectivity index is 2.17. The van der Waals surface area contributed by atoms with Gasteiger partial charge in [-0.15, -0.1) is 0 Å². The smallest absolute Gasteiger partial charge is 0.331 e. The van der Waals surface area contributed by atoms with Crippen LogP contribution in [0.4, 0.5) is 0 Å². The molecule has 1 aliphatic carbocycles. The van der Waals surface area contributed by atoms with Crippen LogP contribution in [0.15, 0.2) is 42.5 Å². The van der Waals surface area contributed by atoms with Crippen molar-refractivity contribution in [3.05, 3.63) is 53.6 Å². The molecule has 2 aromatic carbocycles. The van der Waals surface area contributed by atoms with Gasteiger partial charge < -0.3 is 4.74 Å². The molecule has 0 unspecified atom stereocenters. The highest BCUT2D eigenvalue weighted by Crippen LogP contribution is 2.35. The van der Waals surface area contributed by atoms with Gasteiger partial charge in [-0.2, -0.15) is 0 Å². The average molecular weight is 280 g/mol. The first-order chi connectivity index (χ1) is 10.3. The van der Waals surface area contributed by atoms with Crippen molar-refractivity contribution < 1.29 is 9.53 Å². The topological polar surface area (TPSA) is 26.3 Å². The maximum atomic E-state index is 11.9. The summed E-state index contributed by atoms with van der Waals surface area (Å²) in [4.78, 5) is 11.9. The van der Waals surface area contributed by atoms with Crippen LogP contribution in [0.2, 0.25) is 0 Å². The zero-order valence-corrected chi connectivity index (χ0v) is 12.4. The van der Waals surface area contributed by atoms with E-state index in [-0.39, 0.29) is 5.97 Å². The minimum atomic E-state index is -0.228. The van der Waals surface area contributed by atoms with Crippen molar-refractivity contribution in [1.29, 1.82) is 0 Å². The third kappa shape index (κ3) is 2.85. The fraction of sp³-hybridized carbons (Fsp3) is 0.316. The molecule has 0 saturated carbocycles. The predicted molar refractivity (Wildman–Crippen MR) is 86.1 cm³/mol. The van der Waals surface area contributed by atoms with Crippen LogP contribution < -0.4 is 0 Å². The molecule has 2 aromatic rings. The molecule has 108 valence electrons. The van der Waals surface area contributed by atoms with Crippen LogP contribution in [-0.4, -0.2) is 12.6 Å². The number of ether oxygens (including phenoxy) is 1. The van der Waals surface area contributed by atoms with E-state index in [0.717, 1.165) is 24.8 Å². The number of hydrogen-bond donors (Lipinski definition) is 0. The molecule has 1 aliphatic rings. The summed E-state index contributed by atoms with van der Waals surface area (Å²) in [6, 6.07) is 12.8. The molecule has 0 amide bonds. The molecule has 2 heteroatoms. The average Bonchev–Trinajstić information content (AvgIpc) is 2.70. The molecule has 0 aromatic heterocycles. The van der Waals surface area contributed by atoms with Gasteiger partial charge in [0, 0.05) is 6.08 Å². The van der Waals surface area contributed by atoms with E-state index in [2.05, 4.69) is 36.4 Å². The third-order valence-corrected chi connectivity index (χ3v) is 4.06.